The van der Waals surface area contributed by atoms with Crippen LogP contribution in [0.15, 0.2) is 0 Å². The first kappa shape index (κ1) is 15.3. The van der Waals surface area contributed by atoms with Crippen LogP contribution in [0.25, 0.3) is 0 Å². The molecule has 1 heterocycles. The average Bonchev–Trinajstić information content (AvgIpc) is 2.33. The van der Waals surface area contributed by atoms with E-state index in [-0.39, 0.29) is 31.8 Å². The maximum atomic E-state index is 12.4. The SMILES string of the molecule is NCCCCCC(=O)N1CCC(C(F)(F)F)CC1. The molecule has 1 aliphatic heterocycles. The van der Waals surface area contributed by atoms with Gasteiger partial charge in [0.05, 0.1) is 5.92 Å². The van der Waals surface area contributed by atoms with Crippen molar-refractivity contribution in [1.82, 2.24) is 4.90 Å². The van der Waals surface area contributed by atoms with Gasteiger partial charge in [-0.25, -0.2) is 0 Å². The molecule has 3 nitrogen and oxygen atoms in total. The van der Waals surface area contributed by atoms with E-state index < -0.39 is 12.1 Å². The number of halogens is 3. The van der Waals surface area contributed by atoms with Crippen molar-refractivity contribution in [2.75, 3.05) is 19.6 Å². The number of likely N-dealkylation sites (tertiary alicyclic amines) is 1. The largest absolute Gasteiger partial charge is 0.391 e. The summed E-state index contributed by atoms with van der Waals surface area (Å²) in [7, 11) is 0. The van der Waals surface area contributed by atoms with E-state index in [1.165, 1.54) is 0 Å². The van der Waals surface area contributed by atoms with Crippen molar-refractivity contribution >= 4 is 5.91 Å². The van der Waals surface area contributed by atoms with Crippen LogP contribution in [-0.2, 0) is 4.79 Å². The van der Waals surface area contributed by atoms with Gasteiger partial charge in [0.2, 0.25) is 5.91 Å². The van der Waals surface area contributed by atoms with Crippen molar-refractivity contribution in [3.05, 3.63) is 0 Å². The molecule has 1 amide bonds. The molecule has 0 aromatic carbocycles. The van der Waals surface area contributed by atoms with Crippen molar-refractivity contribution < 1.29 is 18.0 Å². The predicted octanol–water partition coefficient (Wildman–Crippen LogP) is 2.31. The lowest BCUT2D eigenvalue weighted by Gasteiger charge is -2.33. The molecule has 1 rings (SSSR count). The summed E-state index contributed by atoms with van der Waals surface area (Å²) in [5.74, 6) is -1.26. The van der Waals surface area contributed by atoms with E-state index in [9.17, 15) is 18.0 Å². The minimum atomic E-state index is -4.11. The van der Waals surface area contributed by atoms with Crippen molar-refractivity contribution in [2.45, 2.75) is 44.7 Å². The van der Waals surface area contributed by atoms with Crippen LogP contribution in [0.4, 0.5) is 13.2 Å². The molecule has 0 bridgehead atoms. The standard InChI is InChI=1S/C12H21F3N2O/c13-12(14,15)10-5-8-17(9-6-10)11(18)4-2-1-3-7-16/h10H,1-9,16H2. The van der Waals surface area contributed by atoms with Crippen molar-refractivity contribution in [3.63, 3.8) is 0 Å². The number of amides is 1. The Labute approximate surface area is 106 Å². The summed E-state index contributed by atoms with van der Waals surface area (Å²) >= 11 is 0. The highest BCUT2D eigenvalue weighted by molar-refractivity contribution is 5.76. The molecule has 18 heavy (non-hydrogen) atoms. The van der Waals surface area contributed by atoms with Crippen LogP contribution in [0.5, 0.6) is 0 Å². The number of unbranched alkanes of at least 4 members (excludes halogenated alkanes) is 2. The molecular weight excluding hydrogens is 245 g/mol. The third kappa shape index (κ3) is 4.84. The number of carbonyl (C=O) groups is 1. The first-order valence-electron chi connectivity index (χ1n) is 6.49. The molecule has 0 atom stereocenters. The summed E-state index contributed by atoms with van der Waals surface area (Å²) in [5.41, 5.74) is 5.34. The predicted molar refractivity (Wildman–Crippen MR) is 62.9 cm³/mol. The van der Waals surface area contributed by atoms with Crippen LogP contribution in [0.2, 0.25) is 0 Å². The first-order chi connectivity index (χ1) is 8.45. The van der Waals surface area contributed by atoms with Gasteiger partial charge in [0.1, 0.15) is 0 Å². The molecule has 0 spiro atoms. The van der Waals surface area contributed by atoms with Crippen molar-refractivity contribution in [2.24, 2.45) is 11.7 Å². The van der Waals surface area contributed by atoms with Crippen LogP contribution in [0.1, 0.15) is 38.5 Å². The molecule has 0 aliphatic carbocycles. The number of nitrogens with zero attached hydrogens (tertiary/aromatic N) is 1. The summed E-state index contributed by atoms with van der Waals surface area (Å²) in [6, 6.07) is 0. The lowest BCUT2D eigenvalue weighted by atomic mass is 9.96. The molecule has 1 fully saturated rings. The first-order valence-corrected chi connectivity index (χ1v) is 6.49. The zero-order chi connectivity index (χ0) is 13.6. The van der Waals surface area contributed by atoms with Gasteiger partial charge in [0.15, 0.2) is 0 Å². The maximum Gasteiger partial charge on any atom is 0.391 e. The molecule has 1 saturated heterocycles. The van der Waals surface area contributed by atoms with Crippen LogP contribution in [0, 0.1) is 5.92 Å². The second kappa shape index (κ2) is 6.97. The highest BCUT2D eigenvalue weighted by Gasteiger charge is 2.41. The number of hydrogen-bond donors (Lipinski definition) is 1. The Bertz CT molecular complexity index is 261. The van der Waals surface area contributed by atoms with Gasteiger partial charge in [-0.05, 0) is 32.2 Å². The minimum absolute atomic E-state index is 0.0207. The van der Waals surface area contributed by atoms with Gasteiger partial charge in [-0.3, -0.25) is 4.79 Å². The van der Waals surface area contributed by atoms with E-state index >= 15 is 0 Å². The average molecular weight is 266 g/mol. The summed E-state index contributed by atoms with van der Waals surface area (Å²) in [5, 5.41) is 0. The number of rotatable bonds is 5. The molecule has 0 aromatic heterocycles. The van der Waals surface area contributed by atoms with Crippen LogP contribution < -0.4 is 5.73 Å². The summed E-state index contributed by atoms with van der Waals surface area (Å²) in [6.07, 6.45) is -1.04. The fraction of sp³-hybridized carbons (Fsp3) is 0.917. The van der Waals surface area contributed by atoms with Gasteiger partial charge in [-0.2, -0.15) is 13.2 Å². The fourth-order valence-electron chi connectivity index (χ4n) is 2.21. The van der Waals surface area contributed by atoms with E-state index in [0.29, 0.717) is 13.0 Å². The Kier molecular flexibility index (Phi) is 5.91. The summed E-state index contributed by atoms with van der Waals surface area (Å²) in [6.45, 7) is 1.09. The lowest BCUT2D eigenvalue weighted by Crippen LogP contribution is -2.42. The molecule has 0 aromatic rings. The smallest absolute Gasteiger partial charge is 0.343 e. The quantitative estimate of drug-likeness (QED) is 0.776. The molecule has 0 radical (unpaired) electrons. The monoisotopic (exact) mass is 266 g/mol. The maximum absolute atomic E-state index is 12.4. The van der Waals surface area contributed by atoms with E-state index in [4.69, 9.17) is 5.73 Å². The van der Waals surface area contributed by atoms with Gasteiger partial charge < -0.3 is 10.6 Å². The second-order valence-electron chi connectivity index (χ2n) is 4.80. The summed E-state index contributed by atoms with van der Waals surface area (Å²) in [4.78, 5) is 13.3. The van der Waals surface area contributed by atoms with Crippen LogP contribution in [0.3, 0.4) is 0 Å². The molecule has 2 N–H and O–H groups in total. The van der Waals surface area contributed by atoms with E-state index in [0.717, 1.165) is 19.3 Å². The Morgan fingerprint density at radius 3 is 2.28 bits per heavy atom. The normalized spacial score (nSPS) is 18.1. The van der Waals surface area contributed by atoms with Crippen molar-refractivity contribution in [3.8, 4) is 0 Å². The topological polar surface area (TPSA) is 46.3 Å². The molecule has 6 heteroatoms. The Morgan fingerprint density at radius 1 is 1.17 bits per heavy atom. The zero-order valence-corrected chi connectivity index (χ0v) is 10.5. The van der Waals surface area contributed by atoms with Gasteiger partial charge in [0, 0.05) is 19.5 Å². The molecular formula is C12H21F3N2O. The van der Waals surface area contributed by atoms with Gasteiger partial charge >= 0.3 is 6.18 Å². The molecule has 0 saturated carbocycles. The second-order valence-corrected chi connectivity index (χ2v) is 4.80. The van der Waals surface area contributed by atoms with E-state index in [1.54, 1.807) is 4.90 Å². The van der Waals surface area contributed by atoms with Gasteiger partial charge in [-0.1, -0.05) is 6.42 Å². The van der Waals surface area contributed by atoms with Crippen LogP contribution in [-0.4, -0.2) is 36.6 Å². The number of nitrogens with two attached hydrogens (primary N) is 1. The van der Waals surface area contributed by atoms with Gasteiger partial charge in [0.25, 0.3) is 0 Å². The van der Waals surface area contributed by atoms with E-state index in [1.807, 2.05) is 0 Å². The Morgan fingerprint density at radius 2 is 1.78 bits per heavy atom. The molecule has 0 unspecified atom stereocenters. The fourth-order valence-corrected chi connectivity index (χ4v) is 2.21. The van der Waals surface area contributed by atoms with Crippen LogP contribution >= 0.6 is 0 Å². The third-order valence-electron chi connectivity index (χ3n) is 3.41. The third-order valence-corrected chi connectivity index (χ3v) is 3.41. The Balaban J connectivity index is 2.23. The number of piperidine rings is 1. The highest BCUT2D eigenvalue weighted by atomic mass is 19.4. The molecule has 106 valence electrons. The van der Waals surface area contributed by atoms with Crippen molar-refractivity contribution in [1.29, 1.82) is 0 Å². The summed E-state index contributed by atoms with van der Waals surface area (Å²) < 4.78 is 37.3. The zero-order valence-electron chi connectivity index (χ0n) is 10.5. The van der Waals surface area contributed by atoms with Gasteiger partial charge in [-0.15, -0.1) is 0 Å². The number of carbonyl (C=O) groups excluding carboxylic acids is 1. The number of alkyl halides is 3. The lowest BCUT2D eigenvalue weighted by molar-refractivity contribution is -0.186. The molecule has 1 aliphatic rings. The van der Waals surface area contributed by atoms with E-state index in [2.05, 4.69) is 0 Å². The highest BCUT2D eigenvalue weighted by Crippen LogP contribution is 2.34. The number of hydrogen-bond acceptors (Lipinski definition) is 2. The minimum Gasteiger partial charge on any atom is -0.343 e. The Hall–Kier alpha value is -0.780.